The lowest BCUT2D eigenvalue weighted by Gasteiger charge is -2.08. The van der Waals surface area contributed by atoms with Crippen molar-refractivity contribution in [2.75, 3.05) is 6.54 Å². The van der Waals surface area contributed by atoms with E-state index in [4.69, 9.17) is 11.6 Å². The molecule has 3 heteroatoms. The third-order valence-electron chi connectivity index (χ3n) is 3.10. The summed E-state index contributed by atoms with van der Waals surface area (Å²) in [6.45, 7) is 5.51. The number of benzene rings is 2. The highest BCUT2D eigenvalue weighted by atomic mass is 35.5. The lowest BCUT2D eigenvalue weighted by molar-refractivity contribution is 0.625. The quantitative estimate of drug-likeness (QED) is 0.864. The van der Waals surface area contributed by atoms with Crippen LogP contribution in [0.15, 0.2) is 36.4 Å². The molecule has 2 aromatic carbocycles. The summed E-state index contributed by atoms with van der Waals surface area (Å²) in [7, 11) is 0. The SMILES string of the molecule is CCNCc1ccc(-c2ccc(C)c(Cl)c2)c(F)c1. The van der Waals surface area contributed by atoms with Crippen molar-refractivity contribution in [3.05, 3.63) is 58.4 Å². The summed E-state index contributed by atoms with van der Waals surface area (Å²) in [5.74, 6) is -0.213. The molecule has 2 aromatic rings. The number of hydrogen-bond acceptors (Lipinski definition) is 1. The van der Waals surface area contributed by atoms with Crippen LogP contribution < -0.4 is 5.32 Å². The average Bonchev–Trinajstić information content (AvgIpc) is 2.40. The molecule has 100 valence electrons. The molecule has 0 unspecified atom stereocenters. The van der Waals surface area contributed by atoms with Gasteiger partial charge in [-0.1, -0.05) is 42.8 Å². The van der Waals surface area contributed by atoms with Gasteiger partial charge < -0.3 is 5.32 Å². The average molecular weight is 278 g/mol. The number of aryl methyl sites for hydroxylation is 1. The molecular formula is C16H17ClFN. The summed E-state index contributed by atoms with van der Waals surface area (Å²) in [4.78, 5) is 0. The van der Waals surface area contributed by atoms with Crippen LogP contribution in [0.4, 0.5) is 4.39 Å². The van der Waals surface area contributed by atoms with Gasteiger partial charge in [0.05, 0.1) is 0 Å². The third-order valence-corrected chi connectivity index (χ3v) is 3.50. The minimum atomic E-state index is -0.213. The maximum atomic E-state index is 14.1. The largest absolute Gasteiger partial charge is 0.313 e. The third kappa shape index (κ3) is 3.34. The van der Waals surface area contributed by atoms with E-state index in [1.54, 1.807) is 12.1 Å². The second-order valence-corrected chi connectivity index (χ2v) is 4.97. The van der Waals surface area contributed by atoms with Crippen molar-refractivity contribution >= 4 is 11.6 Å². The monoisotopic (exact) mass is 277 g/mol. The van der Waals surface area contributed by atoms with E-state index in [0.717, 1.165) is 23.2 Å². The Labute approximate surface area is 118 Å². The predicted molar refractivity (Wildman–Crippen MR) is 79.0 cm³/mol. The molecule has 0 fully saturated rings. The van der Waals surface area contributed by atoms with E-state index in [-0.39, 0.29) is 5.82 Å². The molecule has 1 N–H and O–H groups in total. The summed E-state index contributed by atoms with van der Waals surface area (Å²) in [6.07, 6.45) is 0. The zero-order chi connectivity index (χ0) is 13.8. The maximum absolute atomic E-state index is 14.1. The predicted octanol–water partition coefficient (Wildman–Crippen LogP) is 4.56. The summed E-state index contributed by atoms with van der Waals surface area (Å²) in [5.41, 5.74) is 3.33. The molecule has 0 atom stereocenters. The molecule has 0 aromatic heterocycles. The molecule has 2 rings (SSSR count). The van der Waals surface area contributed by atoms with Crippen LogP contribution in [0, 0.1) is 12.7 Å². The van der Waals surface area contributed by atoms with Gasteiger partial charge in [0, 0.05) is 17.1 Å². The molecule has 0 radical (unpaired) electrons. The fourth-order valence-corrected chi connectivity index (χ4v) is 2.11. The Balaban J connectivity index is 2.32. The first kappa shape index (κ1) is 14.0. The summed E-state index contributed by atoms with van der Waals surface area (Å²) < 4.78 is 14.1. The molecule has 0 spiro atoms. The highest BCUT2D eigenvalue weighted by Crippen LogP contribution is 2.27. The number of nitrogens with one attached hydrogen (secondary N) is 1. The highest BCUT2D eigenvalue weighted by molar-refractivity contribution is 6.31. The van der Waals surface area contributed by atoms with Crippen molar-refractivity contribution in [2.24, 2.45) is 0 Å². The maximum Gasteiger partial charge on any atom is 0.131 e. The summed E-state index contributed by atoms with van der Waals surface area (Å²) in [6, 6.07) is 10.9. The minimum Gasteiger partial charge on any atom is -0.313 e. The summed E-state index contributed by atoms with van der Waals surface area (Å²) >= 11 is 6.08. The van der Waals surface area contributed by atoms with Gasteiger partial charge in [0.2, 0.25) is 0 Å². The van der Waals surface area contributed by atoms with Gasteiger partial charge in [0.1, 0.15) is 5.82 Å². The molecule has 0 aliphatic carbocycles. The van der Waals surface area contributed by atoms with Crippen molar-refractivity contribution in [3.8, 4) is 11.1 Å². The lowest BCUT2D eigenvalue weighted by atomic mass is 10.0. The van der Waals surface area contributed by atoms with Crippen LogP contribution in [0.2, 0.25) is 5.02 Å². The zero-order valence-electron chi connectivity index (χ0n) is 11.1. The van der Waals surface area contributed by atoms with Crippen molar-refractivity contribution in [3.63, 3.8) is 0 Å². The second-order valence-electron chi connectivity index (χ2n) is 4.56. The van der Waals surface area contributed by atoms with Crippen LogP contribution in [-0.2, 0) is 6.54 Å². The van der Waals surface area contributed by atoms with Crippen LogP contribution in [0.25, 0.3) is 11.1 Å². The van der Waals surface area contributed by atoms with Crippen molar-refractivity contribution in [1.29, 1.82) is 0 Å². The molecule has 1 nitrogen and oxygen atoms in total. The fraction of sp³-hybridized carbons (Fsp3) is 0.250. The van der Waals surface area contributed by atoms with Gasteiger partial charge in [0.25, 0.3) is 0 Å². The number of rotatable bonds is 4. The first-order valence-corrected chi connectivity index (χ1v) is 6.75. The molecule has 0 aliphatic heterocycles. The minimum absolute atomic E-state index is 0.213. The van der Waals surface area contributed by atoms with Gasteiger partial charge in [0.15, 0.2) is 0 Å². The first-order chi connectivity index (χ1) is 9.11. The fourth-order valence-electron chi connectivity index (χ4n) is 1.93. The van der Waals surface area contributed by atoms with Crippen LogP contribution >= 0.6 is 11.6 Å². The Morgan fingerprint density at radius 3 is 2.58 bits per heavy atom. The Bertz CT molecular complexity index is 581. The Morgan fingerprint density at radius 2 is 1.95 bits per heavy atom. The zero-order valence-corrected chi connectivity index (χ0v) is 11.9. The van der Waals surface area contributed by atoms with E-state index < -0.39 is 0 Å². The van der Waals surface area contributed by atoms with E-state index in [9.17, 15) is 4.39 Å². The molecule has 0 saturated carbocycles. The van der Waals surface area contributed by atoms with Crippen LogP contribution in [-0.4, -0.2) is 6.54 Å². The lowest BCUT2D eigenvalue weighted by Crippen LogP contribution is -2.11. The van der Waals surface area contributed by atoms with Gasteiger partial charge in [-0.05, 0) is 42.3 Å². The van der Waals surface area contributed by atoms with Gasteiger partial charge in [-0.25, -0.2) is 4.39 Å². The van der Waals surface area contributed by atoms with Crippen molar-refractivity contribution < 1.29 is 4.39 Å². The molecular weight excluding hydrogens is 261 g/mol. The highest BCUT2D eigenvalue weighted by Gasteiger charge is 2.07. The molecule has 0 aliphatic rings. The van der Waals surface area contributed by atoms with Crippen molar-refractivity contribution in [2.45, 2.75) is 20.4 Å². The van der Waals surface area contributed by atoms with Crippen LogP contribution in [0.3, 0.4) is 0 Å². The van der Waals surface area contributed by atoms with E-state index in [2.05, 4.69) is 5.32 Å². The van der Waals surface area contributed by atoms with Crippen molar-refractivity contribution in [1.82, 2.24) is 5.32 Å². The molecule has 0 heterocycles. The number of halogens is 2. The Hall–Kier alpha value is -1.38. The molecule has 19 heavy (non-hydrogen) atoms. The number of hydrogen-bond donors (Lipinski definition) is 1. The molecule has 0 bridgehead atoms. The van der Waals surface area contributed by atoms with Gasteiger partial charge in [-0.15, -0.1) is 0 Å². The normalized spacial score (nSPS) is 10.7. The molecule has 0 saturated heterocycles. The second kappa shape index (κ2) is 6.18. The Kier molecular flexibility index (Phi) is 4.56. The standard InChI is InChI=1S/C16H17ClFN/c1-3-19-10-12-5-7-14(16(18)8-12)13-6-4-11(2)15(17)9-13/h4-9,19H,3,10H2,1-2H3. The van der Waals surface area contributed by atoms with E-state index in [1.807, 2.05) is 38.1 Å². The van der Waals surface area contributed by atoms with Gasteiger partial charge >= 0.3 is 0 Å². The van der Waals surface area contributed by atoms with E-state index in [0.29, 0.717) is 17.1 Å². The molecule has 0 amide bonds. The van der Waals surface area contributed by atoms with E-state index in [1.165, 1.54) is 0 Å². The van der Waals surface area contributed by atoms with E-state index >= 15 is 0 Å². The van der Waals surface area contributed by atoms with Crippen LogP contribution in [0.5, 0.6) is 0 Å². The van der Waals surface area contributed by atoms with Gasteiger partial charge in [-0.2, -0.15) is 0 Å². The Morgan fingerprint density at radius 1 is 1.16 bits per heavy atom. The summed E-state index contributed by atoms with van der Waals surface area (Å²) in [5, 5.41) is 3.84. The van der Waals surface area contributed by atoms with Crippen LogP contribution in [0.1, 0.15) is 18.1 Å². The first-order valence-electron chi connectivity index (χ1n) is 6.37. The smallest absolute Gasteiger partial charge is 0.131 e. The topological polar surface area (TPSA) is 12.0 Å². The van der Waals surface area contributed by atoms with Gasteiger partial charge in [-0.3, -0.25) is 0 Å².